The SMILES string of the molecule is CCOCCCN(CC(=O)Nc1ccon1)C(=O)c1ccc(Cl)cc1Cl. The fourth-order valence-corrected chi connectivity index (χ4v) is 2.71. The number of carbonyl (C=O) groups is 2. The van der Waals surface area contributed by atoms with Gasteiger partial charge in [-0.05, 0) is 31.5 Å². The average molecular weight is 400 g/mol. The van der Waals surface area contributed by atoms with Crippen molar-refractivity contribution in [1.29, 1.82) is 0 Å². The Morgan fingerprint density at radius 3 is 2.77 bits per heavy atom. The van der Waals surface area contributed by atoms with E-state index in [1.165, 1.54) is 29.4 Å². The van der Waals surface area contributed by atoms with Crippen LogP contribution in [0, 0.1) is 0 Å². The zero-order chi connectivity index (χ0) is 18.9. The minimum atomic E-state index is -0.395. The van der Waals surface area contributed by atoms with Crippen LogP contribution in [-0.2, 0) is 9.53 Å². The van der Waals surface area contributed by atoms with Crippen molar-refractivity contribution in [1.82, 2.24) is 10.1 Å². The van der Waals surface area contributed by atoms with Gasteiger partial charge >= 0.3 is 0 Å². The number of ether oxygens (including phenoxy) is 1. The second-order valence-corrected chi connectivity index (χ2v) is 6.18. The molecule has 0 saturated heterocycles. The molecule has 0 unspecified atom stereocenters. The van der Waals surface area contributed by atoms with Crippen molar-refractivity contribution in [3.8, 4) is 0 Å². The maximum absolute atomic E-state index is 12.8. The van der Waals surface area contributed by atoms with Crippen molar-refractivity contribution in [2.75, 3.05) is 31.6 Å². The van der Waals surface area contributed by atoms with Crippen LogP contribution in [0.3, 0.4) is 0 Å². The van der Waals surface area contributed by atoms with Gasteiger partial charge in [0.15, 0.2) is 5.82 Å². The molecule has 26 heavy (non-hydrogen) atoms. The van der Waals surface area contributed by atoms with E-state index in [9.17, 15) is 9.59 Å². The number of rotatable bonds is 9. The molecule has 9 heteroatoms. The summed E-state index contributed by atoms with van der Waals surface area (Å²) in [6.07, 6.45) is 1.93. The van der Waals surface area contributed by atoms with Gasteiger partial charge in [0.05, 0.1) is 10.6 Å². The number of nitrogens with zero attached hydrogens (tertiary/aromatic N) is 2. The number of nitrogens with one attached hydrogen (secondary N) is 1. The summed E-state index contributed by atoms with van der Waals surface area (Å²) < 4.78 is 9.96. The Balaban J connectivity index is 2.08. The van der Waals surface area contributed by atoms with Gasteiger partial charge in [-0.3, -0.25) is 9.59 Å². The molecule has 2 rings (SSSR count). The van der Waals surface area contributed by atoms with Crippen LogP contribution >= 0.6 is 23.2 Å². The molecule has 1 heterocycles. The maximum Gasteiger partial charge on any atom is 0.255 e. The lowest BCUT2D eigenvalue weighted by Crippen LogP contribution is -2.39. The number of hydrogen-bond donors (Lipinski definition) is 1. The molecule has 2 amide bonds. The summed E-state index contributed by atoms with van der Waals surface area (Å²) in [6.45, 7) is 3.14. The maximum atomic E-state index is 12.8. The van der Waals surface area contributed by atoms with Gasteiger partial charge in [-0.25, -0.2) is 0 Å². The van der Waals surface area contributed by atoms with Crippen LogP contribution in [0.1, 0.15) is 23.7 Å². The Bertz CT molecular complexity index is 738. The van der Waals surface area contributed by atoms with Crippen LogP contribution in [0.2, 0.25) is 10.0 Å². The molecule has 0 saturated carbocycles. The molecule has 0 aliphatic rings. The van der Waals surface area contributed by atoms with Crippen molar-refractivity contribution in [3.63, 3.8) is 0 Å². The molecule has 0 atom stereocenters. The van der Waals surface area contributed by atoms with Crippen LogP contribution in [0.25, 0.3) is 0 Å². The first-order valence-corrected chi connectivity index (χ1v) is 8.79. The van der Waals surface area contributed by atoms with Gasteiger partial charge in [-0.15, -0.1) is 0 Å². The van der Waals surface area contributed by atoms with Gasteiger partial charge in [-0.1, -0.05) is 28.4 Å². The second kappa shape index (κ2) is 10.2. The lowest BCUT2D eigenvalue weighted by molar-refractivity contribution is -0.117. The van der Waals surface area contributed by atoms with Crippen molar-refractivity contribution < 1.29 is 18.8 Å². The normalized spacial score (nSPS) is 10.6. The third kappa shape index (κ3) is 6.01. The highest BCUT2D eigenvalue weighted by Crippen LogP contribution is 2.22. The van der Waals surface area contributed by atoms with Crippen molar-refractivity contribution >= 4 is 40.8 Å². The minimum Gasteiger partial charge on any atom is -0.382 e. The first-order valence-electron chi connectivity index (χ1n) is 8.03. The minimum absolute atomic E-state index is 0.156. The fraction of sp³-hybridized carbons (Fsp3) is 0.353. The highest BCUT2D eigenvalue weighted by Gasteiger charge is 2.21. The number of hydrogen-bond acceptors (Lipinski definition) is 5. The van der Waals surface area contributed by atoms with Crippen LogP contribution < -0.4 is 5.32 Å². The predicted molar refractivity (Wildman–Crippen MR) is 98.6 cm³/mol. The van der Waals surface area contributed by atoms with Crippen molar-refractivity contribution in [2.45, 2.75) is 13.3 Å². The first kappa shape index (κ1) is 20.2. The van der Waals surface area contributed by atoms with E-state index in [-0.39, 0.29) is 28.9 Å². The van der Waals surface area contributed by atoms with Gasteiger partial charge in [0.2, 0.25) is 5.91 Å². The van der Waals surface area contributed by atoms with Crippen LogP contribution in [0.4, 0.5) is 5.82 Å². The monoisotopic (exact) mass is 399 g/mol. The number of aromatic nitrogens is 1. The van der Waals surface area contributed by atoms with Gasteiger partial charge in [0.1, 0.15) is 12.8 Å². The number of halogens is 2. The Morgan fingerprint density at radius 2 is 2.12 bits per heavy atom. The molecule has 1 aromatic carbocycles. The van der Waals surface area contributed by atoms with E-state index < -0.39 is 5.91 Å². The summed E-state index contributed by atoms with van der Waals surface area (Å²) in [6, 6.07) is 6.12. The van der Waals surface area contributed by atoms with Crippen molar-refractivity contribution in [3.05, 3.63) is 46.1 Å². The Morgan fingerprint density at radius 1 is 1.31 bits per heavy atom. The number of carbonyl (C=O) groups excluding carboxylic acids is 2. The molecule has 140 valence electrons. The highest BCUT2D eigenvalue weighted by molar-refractivity contribution is 6.36. The van der Waals surface area contributed by atoms with Gasteiger partial charge in [0.25, 0.3) is 5.91 Å². The Hall–Kier alpha value is -2.09. The number of benzene rings is 1. The molecule has 0 bridgehead atoms. The average Bonchev–Trinajstić information content (AvgIpc) is 3.10. The van der Waals surface area contributed by atoms with Crippen LogP contribution in [0.15, 0.2) is 35.1 Å². The van der Waals surface area contributed by atoms with Gasteiger partial charge in [-0.2, -0.15) is 0 Å². The molecular weight excluding hydrogens is 381 g/mol. The third-order valence-corrected chi connectivity index (χ3v) is 3.96. The Labute approximate surface area is 161 Å². The summed E-state index contributed by atoms with van der Waals surface area (Å²) in [5.74, 6) is -0.478. The number of anilines is 1. The van der Waals surface area contributed by atoms with Gasteiger partial charge < -0.3 is 19.5 Å². The molecule has 2 aromatic rings. The summed E-state index contributed by atoms with van der Waals surface area (Å²) in [5, 5.41) is 6.83. The summed E-state index contributed by atoms with van der Waals surface area (Å²) in [7, 11) is 0. The third-order valence-electron chi connectivity index (χ3n) is 3.41. The van der Waals surface area contributed by atoms with Gasteiger partial charge in [0, 0.05) is 30.8 Å². The zero-order valence-corrected chi connectivity index (χ0v) is 15.7. The van der Waals surface area contributed by atoms with E-state index >= 15 is 0 Å². The van der Waals surface area contributed by atoms with Crippen LogP contribution in [-0.4, -0.2) is 48.2 Å². The Kier molecular flexibility index (Phi) is 7.90. The highest BCUT2D eigenvalue weighted by atomic mass is 35.5. The standard InChI is InChI=1S/C17H19Cl2N3O4/c1-2-25-8-3-7-22(11-16(23)20-15-6-9-26-21-15)17(24)13-5-4-12(18)10-14(13)19/h4-6,9-10H,2-3,7-8,11H2,1H3,(H,20,21,23). The van der Waals surface area contributed by atoms with Crippen molar-refractivity contribution in [2.24, 2.45) is 0 Å². The van der Waals surface area contributed by atoms with E-state index in [2.05, 4.69) is 15.0 Å². The molecule has 0 aliphatic heterocycles. The lowest BCUT2D eigenvalue weighted by atomic mass is 10.2. The molecule has 0 spiro atoms. The van der Waals surface area contributed by atoms with E-state index in [1.54, 1.807) is 6.07 Å². The first-order chi connectivity index (χ1) is 12.5. The quantitative estimate of drug-likeness (QED) is 0.652. The molecule has 0 aliphatic carbocycles. The predicted octanol–water partition coefficient (Wildman–Crippen LogP) is 3.49. The molecular formula is C17H19Cl2N3O4. The van der Waals surface area contributed by atoms with E-state index in [0.717, 1.165) is 0 Å². The molecule has 1 aromatic heterocycles. The number of amides is 2. The molecule has 1 N–H and O–H groups in total. The smallest absolute Gasteiger partial charge is 0.255 e. The van der Waals surface area contributed by atoms with E-state index in [1.807, 2.05) is 6.92 Å². The van der Waals surface area contributed by atoms with E-state index in [4.69, 9.17) is 27.9 Å². The molecule has 0 radical (unpaired) electrons. The largest absolute Gasteiger partial charge is 0.382 e. The molecule has 0 fully saturated rings. The summed E-state index contributed by atoms with van der Waals surface area (Å²) >= 11 is 12.0. The lowest BCUT2D eigenvalue weighted by Gasteiger charge is -2.22. The summed E-state index contributed by atoms with van der Waals surface area (Å²) in [4.78, 5) is 26.4. The van der Waals surface area contributed by atoms with E-state index in [0.29, 0.717) is 31.2 Å². The molecule has 7 nitrogen and oxygen atoms in total. The van der Waals surface area contributed by atoms with Crippen LogP contribution in [0.5, 0.6) is 0 Å². The summed E-state index contributed by atoms with van der Waals surface area (Å²) in [5.41, 5.74) is 0.279. The second-order valence-electron chi connectivity index (χ2n) is 5.33. The fourth-order valence-electron chi connectivity index (χ4n) is 2.22. The topological polar surface area (TPSA) is 84.7 Å². The zero-order valence-electron chi connectivity index (χ0n) is 14.2.